The molecule has 0 saturated heterocycles. The van der Waals surface area contributed by atoms with Crippen LogP contribution in [0.15, 0.2) is 21.3 Å². The highest BCUT2D eigenvalue weighted by Gasteiger charge is 2.14. The van der Waals surface area contributed by atoms with Crippen molar-refractivity contribution in [3.8, 4) is 0 Å². The number of thioether (sulfide) groups is 1. The second-order valence-electron chi connectivity index (χ2n) is 2.59. The van der Waals surface area contributed by atoms with Crippen LogP contribution in [0.5, 0.6) is 0 Å². The fourth-order valence-corrected chi connectivity index (χ4v) is 1.63. The zero-order valence-corrected chi connectivity index (χ0v) is 9.63. The Morgan fingerprint density at radius 2 is 2.38 bits per heavy atom. The maximum Gasteiger partial charge on any atom is 0.179 e. The first kappa shape index (κ1) is 12.4. The van der Waals surface area contributed by atoms with Gasteiger partial charge in [-0.1, -0.05) is 16.9 Å². The van der Waals surface area contributed by atoms with Crippen molar-refractivity contribution in [3.05, 3.63) is 11.1 Å². The number of hydrogen-bond acceptors (Lipinski definition) is 7. The molecule has 7 nitrogen and oxygen atoms in total. The number of hydrazine groups is 1. The molecular weight excluding hydrogens is 232 g/mol. The molecule has 0 aromatic carbocycles. The Labute approximate surface area is 96.6 Å². The van der Waals surface area contributed by atoms with Gasteiger partial charge in [-0.2, -0.15) is 0 Å². The third-order valence-electron chi connectivity index (χ3n) is 1.53. The van der Waals surface area contributed by atoms with E-state index in [9.17, 15) is 9.90 Å². The largest absolute Gasteiger partial charge is 0.543 e. The van der Waals surface area contributed by atoms with Gasteiger partial charge in [-0.3, -0.25) is 15.8 Å². The van der Waals surface area contributed by atoms with Gasteiger partial charge in [0.2, 0.25) is 0 Å². The number of aliphatic carboxylic acids is 1. The zero-order chi connectivity index (χ0) is 12.0. The topological polar surface area (TPSA) is 98.1 Å². The lowest BCUT2D eigenvalue weighted by Gasteiger charge is -2.19. The average Bonchev–Trinajstić information content (AvgIpc) is 2.27. The monoisotopic (exact) mass is 243 g/mol. The van der Waals surface area contributed by atoms with Gasteiger partial charge in [0.05, 0.1) is 11.7 Å². The van der Waals surface area contributed by atoms with Crippen molar-refractivity contribution in [1.82, 2.24) is 10.9 Å². The Hall–Kier alpha value is -1.70. The molecule has 0 bridgehead atoms. The molecule has 0 spiro atoms. The second kappa shape index (κ2) is 6.01. The van der Waals surface area contributed by atoms with Crippen LogP contribution in [0.2, 0.25) is 0 Å². The first-order valence-electron chi connectivity index (χ1n) is 4.45. The summed E-state index contributed by atoms with van der Waals surface area (Å²) >= 11 is 1.25. The van der Waals surface area contributed by atoms with Crippen LogP contribution >= 0.6 is 11.8 Å². The molecule has 8 heteroatoms. The molecule has 1 aliphatic rings. The fraction of sp³-hybridized carbons (Fsp3) is 0.375. The highest BCUT2D eigenvalue weighted by Crippen LogP contribution is 2.12. The number of oxime groups is 1. The van der Waals surface area contributed by atoms with Crippen molar-refractivity contribution in [1.29, 1.82) is 0 Å². The third-order valence-corrected chi connectivity index (χ3v) is 2.33. The summed E-state index contributed by atoms with van der Waals surface area (Å²) in [5, 5.41) is 16.3. The van der Waals surface area contributed by atoms with Crippen LogP contribution in [0.1, 0.15) is 6.92 Å². The molecule has 0 unspecified atom stereocenters. The molecule has 0 aromatic heterocycles. The summed E-state index contributed by atoms with van der Waals surface area (Å²) < 4.78 is 0. The minimum Gasteiger partial charge on any atom is -0.543 e. The molecule has 88 valence electrons. The molecule has 0 fully saturated rings. The van der Waals surface area contributed by atoms with Gasteiger partial charge < -0.3 is 14.7 Å². The van der Waals surface area contributed by atoms with Crippen LogP contribution in [-0.2, 0) is 9.63 Å². The number of carboxylic acids is 1. The second-order valence-corrected chi connectivity index (χ2v) is 3.45. The Bertz CT molecular complexity index is 364. The SMILES string of the molecule is CCN=C1NNC(C(=NOC)C(=O)[O-])=CS1. The van der Waals surface area contributed by atoms with Crippen LogP contribution in [0.4, 0.5) is 0 Å². The normalized spacial score (nSPS) is 18.5. The van der Waals surface area contributed by atoms with Gasteiger partial charge >= 0.3 is 0 Å². The molecule has 0 radical (unpaired) electrons. The summed E-state index contributed by atoms with van der Waals surface area (Å²) in [6, 6.07) is 0. The number of carbonyl (C=O) groups is 1. The first-order valence-corrected chi connectivity index (χ1v) is 5.33. The van der Waals surface area contributed by atoms with Gasteiger partial charge in [0.15, 0.2) is 10.9 Å². The number of nitrogens with one attached hydrogen (secondary N) is 2. The van der Waals surface area contributed by atoms with E-state index in [0.717, 1.165) is 0 Å². The van der Waals surface area contributed by atoms with Crippen molar-refractivity contribution < 1.29 is 14.7 Å². The summed E-state index contributed by atoms with van der Waals surface area (Å²) in [6.45, 7) is 2.53. The third kappa shape index (κ3) is 3.16. The molecule has 0 saturated carbocycles. The van der Waals surface area contributed by atoms with E-state index < -0.39 is 5.97 Å². The minimum absolute atomic E-state index is 0.266. The minimum atomic E-state index is -1.42. The predicted molar refractivity (Wildman–Crippen MR) is 59.4 cm³/mol. The molecule has 0 atom stereocenters. The first-order chi connectivity index (χ1) is 7.69. The summed E-state index contributed by atoms with van der Waals surface area (Å²) in [7, 11) is 1.26. The summed E-state index contributed by atoms with van der Waals surface area (Å²) in [6.07, 6.45) is 0. The van der Waals surface area contributed by atoms with Gasteiger partial charge in [-0.05, 0) is 6.92 Å². The van der Waals surface area contributed by atoms with Crippen LogP contribution < -0.4 is 16.0 Å². The van der Waals surface area contributed by atoms with Gasteiger partial charge in [-0.15, -0.1) is 0 Å². The summed E-state index contributed by atoms with van der Waals surface area (Å²) in [5.74, 6) is -1.42. The zero-order valence-electron chi connectivity index (χ0n) is 8.81. The number of rotatable bonds is 4. The smallest absolute Gasteiger partial charge is 0.179 e. The highest BCUT2D eigenvalue weighted by atomic mass is 32.2. The van der Waals surface area contributed by atoms with Gasteiger partial charge in [0.1, 0.15) is 7.11 Å². The Kier molecular flexibility index (Phi) is 4.65. The van der Waals surface area contributed by atoms with E-state index >= 15 is 0 Å². The van der Waals surface area contributed by atoms with Crippen molar-refractivity contribution in [3.63, 3.8) is 0 Å². The molecule has 0 amide bonds. The standard InChI is InChI=1S/C8H12N4O3S/c1-3-9-8-11-10-5(4-16-8)6(7(13)14)12-15-2/h4,10H,3H2,1-2H3,(H,9,11)(H,13,14)/p-1. The Balaban J connectivity index is 2.80. The number of carbonyl (C=O) groups excluding carboxylic acids is 1. The van der Waals surface area contributed by atoms with E-state index in [1.165, 1.54) is 18.9 Å². The molecule has 16 heavy (non-hydrogen) atoms. The van der Waals surface area contributed by atoms with Crippen molar-refractivity contribution in [2.75, 3.05) is 13.7 Å². The summed E-state index contributed by atoms with van der Waals surface area (Å²) in [4.78, 5) is 19.2. The molecule has 1 heterocycles. The van der Waals surface area contributed by atoms with Gasteiger partial charge in [-0.25, -0.2) is 0 Å². The lowest BCUT2D eigenvalue weighted by atomic mass is 10.3. The number of carboxylic acid groups (broad SMARTS) is 1. The van der Waals surface area contributed by atoms with E-state index in [1.54, 1.807) is 5.41 Å². The average molecular weight is 243 g/mol. The van der Waals surface area contributed by atoms with E-state index in [1.807, 2.05) is 6.92 Å². The van der Waals surface area contributed by atoms with Gasteiger partial charge in [0.25, 0.3) is 0 Å². The number of amidine groups is 1. The summed E-state index contributed by atoms with van der Waals surface area (Å²) in [5.41, 5.74) is 5.34. The quantitative estimate of drug-likeness (QED) is 0.475. The van der Waals surface area contributed by atoms with Crippen molar-refractivity contribution in [2.24, 2.45) is 10.1 Å². The van der Waals surface area contributed by atoms with Crippen LogP contribution in [0.25, 0.3) is 0 Å². The molecule has 1 aliphatic heterocycles. The number of hydrogen-bond donors (Lipinski definition) is 2. The molecule has 2 N–H and O–H groups in total. The van der Waals surface area contributed by atoms with Crippen molar-refractivity contribution >= 4 is 28.6 Å². The highest BCUT2D eigenvalue weighted by molar-refractivity contribution is 8.16. The van der Waals surface area contributed by atoms with Crippen molar-refractivity contribution in [2.45, 2.75) is 6.92 Å². The van der Waals surface area contributed by atoms with E-state index in [-0.39, 0.29) is 11.4 Å². The van der Waals surface area contributed by atoms with E-state index in [4.69, 9.17) is 0 Å². The lowest BCUT2D eigenvalue weighted by Crippen LogP contribution is -2.45. The van der Waals surface area contributed by atoms with Gasteiger partial charge in [0, 0.05) is 12.0 Å². The number of aliphatic imine (C=N–C) groups is 1. The van der Waals surface area contributed by atoms with Crippen LogP contribution in [0, 0.1) is 0 Å². The maximum absolute atomic E-state index is 10.7. The molecule has 0 aromatic rings. The van der Waals surface area contributed by atoms with E-state index in [2.05, 4.69) is 25.8 Å². The Morgan fingerprint density at radius 1 is 1.62 bits per heavy atom. The maximum atomic E-state index is 10.7. The molecule has 0 aliphatic carbocycles. The predicted octanol–water partition coefficient (Wildman–Crippen LogP) is -1.20. The fourth-order valence-electron chi connectivity index (χ4n) is 0.918. The number of nitrogens with zero attached hydrogens (tertiary/aromatic N) is 2. The van der Waals surface area contributed by atoms with E-state index in [0.29, 0.717) is 11.7 Å². The van der Waals surface area contributed by atoms with Crippen LogP contribution in [0.3, 0.4) is 0 Å². The molecule has 1 rings (SSSR count). The molecular formula is C8H11N4O3S-. The van der Waals surface area contributed by atoms with Crippen LogP contribution in [-0.4, -0.2) is 30.5 Å². The Morgan fingerprint density at radius 3 is 2.81 bits per heavy atom. The lowest BCUT2D eigenvalue weighted by molar-refractivity contribution is -0.294.